The van der Waals surface area contributed by atoms with Gasteiger partial charge >= 0.3 is 0 Å². The number of rotatable bonds is 5. The van der Waals surface area contributed by atoms with Crippen molar-refractivity contribution in [1.82, 2.24) is 4.90 Å². The Bertz CT molecular complexity index is 673. The highest BCUT2D eigenvalue weighted by Gasteiger charge is 2.31. The lowest BCUT2D eigenvalue weighted by Crippen LogP contribution is -2.34. The van der Waals surface area contributed by atoms with E-state index in [9.17, 15) is 18.4 Å². The molecule has 6 nitrogen and oxygen atoms in total. The first-order chi connectivity index (χ1) is 10.4. The summed E-state index contributed by atoms with van der Waals surface area (Å²) in [6.07, 6.45) is 0.960. The molecule has 8 heteroatoms. The number of methoxy groups -OCH3 is 1. The van der Waals surface area contributed by atoms with Crippen LogP contribution in [0.15, 0.2) is 17.8 Å². The third-order valence-electron chi connectivity index (χ3n) is 3.23. The first-order valence-corrected chi connectivity index (χ1v) is 6.38. The molecule has 1 heterocycles. The number of hydrogen-bond acceptors (Lipinski definition) is 5. The van der Waals surface area contributed by atoms with E-state index in [0.717, 1.165) is 11.0 Å². The van der Waals surface area contributed by atoms with Gasteiger partial charge in [0.15, 0.2) is 11.6 Å². The first-order valence-electron chi connectivity index (χ1n) is 6.38. The minimum Gasteiger partial charge on any atom is -0.496 e. The van der Waals surface area contributed by atoms with E-state index in [1.807, 2.05) is 0 Å². The second-order valence-electron chi connectivity index (χ2n) is 4.58. The van der Waals surface area contributed by atoms with Crippen LogP contribution in [-0.4, -0.2) is 42.1 Å². The summed E-state index contributed by atoms with van der Waals surface area (Å²) in [6, 6.07) is 1.20. The number of aliphatic hydroxyl groups is 1. The highest BCUT2D eigenvalue weighted by atomic mass is 19.2. The number of nitrogens with zero attached hydrogens (tertiary/aromatic N) is 1. The molecule has 0 spiro atoms. The summed E-state index contributed by atoms with van der Waals surface area (Å²) in [7, 11) is 1.30. The monoisotopic (exact) mass is 312 g/mol. The maximum Gasteiger partial charge on any atom is 0.277 e. The molecule has 1 aromatic carbocycles. The number of benzene rings is 1. The summed E-state index contributed by atoms with van der Waals surface area (Å²) in [6.45, 7) is 0.793. The van der Waals surface area contributed by atoms with Crippen LogP contribution in [-0.2, 0) is 9.59 Å². The summed E-state index contributed by atoms with van der Waals surface area (Å²) < 4.78 is 32.6. The number of carbonyl (C=O) groups is 2. The molecule has 0 atom stereocenters. The minimum absolute atomic E-state index is 0.00439. The predicted molar refractivity (Wildman–Crippen MR) is 73.2 cm³/mol. The van der Waals surface area contributed by atoms with E-state index in [2.05, 4.69) is 5.32 Å². The lowest BCUT2D eigenvalue weighted by atomic mass is 10.1. The van der Waals surface area contributed by atoms with Gasteiger partial charge in [-0.15, -0.1) is 0 Å². The number of amides is 2. The molecule has 0 unspecified atom stereocenters. The van der Waals surface area contributed by atoms with Crippen LogP contribution < -0.4 is 10.1 Å². The molecule has 0 radical (unpaired) electrons. The lowest BCUT2D eigenvalue weighted by molar-refractivity contribution is -0.137. The molecule has 2 rings (SSSR count). The zero-order valence-corrected chi connectivity index (χ0v) is 11.9. The fraction of sp³-hybridized carbons (Fsp3) is 0.286. The van der Waals surface area contributed by atoms with Crippen molar-refractivity contribution < 1.29 is 28.2 Å². The molecular formula is C14H14F2N2O4. The predicted octanol–water partition coefficient (Wildman–Crippen LogP) is 0.939. The quantitative estimate of drug-likeness (QED) is 0.791. The van der Waals surface area contributed by atoms with Crippen molar-refractivity contribution in [1.29, 1.82) is 0 Å². The highest BCUT2D eigenvalue weighted by Crippen LogP contribution is 2.30. The topological polar surface area (TPSA) is 78.9 Å². The third-order valence-corrected chi connectivity index (χ3v) is 3.23. The van der Waals surface area contributed by atoms with Crippen LogP contribution in [0.1, 0.15) is 5.56 Å². The number of hydrogen-bond donors (Lipinski definition) is 2. The fourth-order valence-electron chi connectivity index (χ4n) is 2.05. The first kappa shape index (κ1) is 15.9. The largest absolute Gasteiger partial charge is 0.496 e. The summed E-state index contributed by atoms with van der Waals surface area (Å²) in [5, 5.41) is 11.2. The van der Waals surface area contributed by atoms with E-state index >= 15 is 0 Å². The smallest absolute Gasteiger partial charge is 0.277 e. The average molecular weight is 312 g/mol. The zero-order chi connectivity index (χ0) is 16.4. The van der Waals surface area contributed by atoms with Crippen LogP contribution in [0.2, 0.25) is 0 Å². The van der Waals surface area contributed by atoms with E-state index in [-0.39, 0.29) is 35.8 Å². The molecule has 0 aliphatic carbocycles. The Balaban J connectivity index is 2.32. The summed E-state index contributed by atoms with van der Waals surface area (Å²) in [4.78, 5) is 24.3. The SMILES string of the molecule is COc1cc(NC2=CC(=O)N(CCO)C2=O)c(F)c(F)c1C. The maximum absolute atomic E-state index is 13.9. The van der Waals surface area contributed by atoms with Gasteiger partial charge in [0, 0.05) is 17.7 Å². The Labute approximate surface area is 125 Å². The van der Waals surface area contributed by atoms with Gasteiger partial charge in [0.1, 0.15) is 11.4 Å². The molecule has 1 aromatic rings. The molecule has 1 aliphatic heterocycles. The Morgan fingerprint density at radius 3 is 2.59 bits per heavy atom. The molecule has 118 valence electrons. The van der Waals surface area contributed by atoms with Crippen molar-refractivity contribution in [2.24, 2.45) is 0 Å². The average Bonchev–Trinajstić information content (AvgIpc) is 2.76. The van der Waals surface area contributed by atoms with Gasteiger partial charge < -0.3 is 15.2 Å². The van der Waals surface area contributed by atoms with E-state index < -0.39 is 23.4 Å². The van der Waals surface area contributed by atoms with Crippen LogP contribution in [0.25, 0.3) is 0 Å². The molecule has 2 N–H and O–H groups in total. The normalized spacial score (nSPS) is 14.4. The third kappa shape index (κ3) is 2.64. The molecule has 0 bridgehead atoms. The van der Waals surface area contributed by atoms with Gasteiger partial charge in [-0.05, 0) is 6.92 Å². The van der Waals surface area contributed by atoms with Crippen molar-refractivity contribution in [3.63, 3.8) is 0 Å². The number of carbonyl (C=O) groups excluding carboxylic acids is 2. The number of nitrogens with one attached hydrogen (secondary N) is 1. The molecule has 22 heavy (non-hydrogen) atoms. The molecular weight excluding hydrogens is 298 g/mol. The Kier molecular flexibility index (Phi) is 4.41. The van der Waals surface area contributed by atoms with E-state index in [1.165, 1.54) is 20.1 Å². The van der Waals surface area contributed by atoms with Crippen molar-refractivity contribution in [2.45, 2.75) is 6.92 Å². The van der Waals surface area contributed by atoms with Gasteiger partial charge in [-0.25, -0.2) is 8.78 Å². The Morgan fingerprint density at radius 1 is 1.32 bits per heavy atom. The molecule has 0 saturated carbocycles. The number of aliphatic hydroxyl groups excluding tert-OH is 1. The van der Waals surface area contributed by atoms with Crippen molar-refractivity contribution in [3.8, 4) is 5.75 Å². The lowest BCUT2D eigenvalue weighted by Gasteiger charge is -2.15. The standard InChI is InChI=1S/C14H14F2N2O4/c1-7-10(22-2)5-8(13(16)12(7)15)17-9-6-11(20)18(3-4-19)14(9)21/h5-6,17,19H,3-4H2,1-2H3. The van der Waals surface area contributed by atoms with Crippen LogP contribution in [0.4, 0.5) is 14.5 Å². The van der Waals surface area contributed by atoms with Gasteiger partial charge in [0.05, 0.1) is 25.9 Å². The van der Waals surface area contributed by atoms with Crippen molar-refractivity contribution in [2.75, 3.05) is 25.6 Å². The Hall–Kier alpha value is -2.48. The van der Waals surface area contributed by atoms with Crippen molar-refractivity contribution >= 4 is 17.5 Å². The molecule has 0 saturated heterocycles. The van der Waals surface area contributed by atoms with Gasteiger partial charge in [-0.1, -0.05) is 0 Å². The summed E-state index contributed by atoms with van der Waals surface area (Å²) >= 11 is 0. The molecule has 1 aliphatic rings. The summed E-state index contributed by atoms with van der Waals surface area (Å²) in [5.41, 5.74) is -0.531. The maximum atomic E-state index is 13.9. The van der Waals surface area contributed by atoms with E-state index in [4.69, 9.17) is 9.84 Å². The van der Waals surface area contributed by atoms with E-state index in [0.29, 0.717) is 0 Å². The fourth-order valence-corrected chi connectivity index (χ4v) is 2.05. The van der Waals surface area contributed by atoms with Gasteiger partial charge in [0.25, 0.3) is 11.8 Å². The van der Waals surface area contributed by atoms with Gasteiger partial charge in [-0.2, -0.15) is 0 Å². The second kappa shape index (κ2) is 6.10. The number of ether oxygens (including phenoxy) is 1. The molecule has 0 aromatic heterocycles. The van der Waals surface area contributed by atoms with Gasteiger partial charge in [-0.3, -0.25) is 14.5 Å². The number of halogens is 2. The van der Waals surface area contributed by atoms with Crippen LogP contribution in [0.3, 0.4) is 0 Å². The van der Waals surface area contributed by atoms with Gasteiger partial charge in [0.2, 0.25) is 0 Å². The highest BCUT2D eigenvalue weighted by molar-refractivity contribution is 6.17. The Morgan fingerprint density at radius 2 is 2.00 bits per heavy atom. The van der Waals surface area contributed by atoms with Crippen LogP contribution in [0.5, 0.6) is 5.75 Å². The molecule has 0 fully saturated rings. The number of anilines is 1. The zero-order valence-electron chi connectivity index (χ0n) is 11.9. The molecule has 2 amide bonds. The van der Waals surface area contributed by atoms with Crippen LogP contribution in [0, 0.1) is 18.6 Å². The summed E-state index contributed by atoms with van der Waals surface area (Å²) in [5.74, 6) is -3.54. The van der Waals surface area contributed by atoms with Crippen LogP contribution >= 0.6 is 0 Å². The van der Waals surface area contributed by atoms with Crippen molar-refractivity contribution in [3.05, 3.63) is 35.0 Å². The van der Waals surface area contributed by atoms with E-state index in [1.54, 1.807) is 0 Å². The number of imide groups is 1. The number of β-amino-alcohol motifs (C(OH)–C–C–N with tert-alkyl or cyclic N) is 1. The second-order valence-corrected chi connectivity index (χ2v) is 4.58. The minimum atomic E-state index is -1.18.